The van der Waals surface area contributed by atoms with Crippen LogP contribution < -0.4 is 16.0 Å². The van der Waals surface area contributed by atoms with Crippen molar-refractivity contribution < 1.29 is 4.79 Å². The molecule has 3 rings (SSSR count). The first-order valence-electron chi connectivity index (χ1n) is 15.5. The summed E-state index contributed by atoms with van der Waals surface area (Å²) in [5, 5.41) is 11.7. The number of piperidine rings is 2. The lowest BCUT2D eigenvalue weighted by Crippen LogP contribution is -2.66. The normalized spacial score (nSPS) is 33.1. The molecule has 0 radical (unpaired) electrons. The predicted molar refractivity (Wildman–Crippen MR) is 162 cm³/mol. The molecule has 38 heavy (non-hydrogen) atoms. The van der Waals surface area contributed by atoms with Gasteiger partial charge < -0.3 is 20.9 Å². The first-order chi connectivity index (χ1) is 16.8. The van der Waals surface area contributed by atoms with Gasteiger partial charge in [0.2, 0.25) is 5.91 Å². The maximum Gasteiger partial charge on any atom is 0.228 e. The molecule has 2 unspecified atom stereocenters. The number of carbonyl (C=O) groups is 1. The number of carbonyl (C=O) groups excluding carboxylic acids is 1. The van der Waals surface area contributed by atoms with Crippen molar-refractivity contribution >= 4 is 5.91 Å². The molecule has 3 fully saturated rings. The summed E-state index contributed by atoms with van der Waals surface area (Å²) in [6.45, 7) is 33.3. The van der Waals surface area contributed by atoms with Gasteiger partial charge in [-0.25, -0.2) is 0 Å². The second kappa shape index (κ2) is 10.0. The van der Waals surface area contributed by atoms with Crippen molar-refractivity contribution in [3.05, 3.63) is 0 Å². The fourth-order valence-corrected chi connectivity index (χ4v) is 9.25. The molecular formula is C33H64N4O. The van der Waals surface area contributed by atoms with Gasteiger partial charge >= 0.3 is 0 Å². The number of amides is 1. The van der Waals surface area contributed by atoms with Crippen molar-refractivity contribution in [3.63, 3.8) is 0 Å². The third kappa shape index (κ3) is 8.19. The third-order valence-electron chi connectivity index (χ3n) is 9.26. The summed E-state index contributed by atoms with van der Waals surface area (Å²) in [6, 6.07) is 1.04. The average molecular weight is 533 g/mol. The first-order valence-corrected chi connectivity index (χ1v) is 15.5. The minimum absolute atomic E-state index is 0.00645. The van der Waals surface area contributed by atoms with Gasteiger partial charge in [0, 0.05) is 52.2 Å². The number of rotatable bonds is 5. The second-order valence-electron chi connectivity index (χ2n) is 18.5. The Morgan fingerprint density at radius 2 is 1.13 bits per heavy atom. The predicted octanol–water partition coefficient (Wildman–Crippen LogP) is 6.65. The largest absolute Gasteiger partial charge is 0.336 e. The topological polar surface area (TPSA) is 56.4 Å². The molecule has 3 N–H and O–H groups in total. The van der Waals surface area contributed by atoms with Gasteiger partial charge in [-0.15, -0.1) is 0 Å². The highest BCUT2D eigenvalue weighted by molar-refractivity contribution is 5.82. The van der Waals surface area contributed by atoms with Crippen LogP contribution in [0.25, 0.3) is 0 Å². The Morgan fingerprint density at radius 1 is 0.711 bits per heavy atom. The molecule has 0 aromatic heterocycles. The lowest BCUT2D eigenvalue weighted by Gasteiger charge is -2.56. The second-order valence-corrected chi connectivity index (χ2v) is 18.5. The summed E-state index contributed by atoms with van der Waals surface area (Å²) in [4.78, 5) is 16.6. The standard InChI is InChI=1S/C33H64N4O/c1-27(2,3)26(38)37(25-18-31(10,11)36-32(12,13)19-25)24-17-28(4,5)21-33(14,20-24)22-34-23-15-29(6,7)35-30(8,9)16-23/h23-25,34-36H,15-22H2,1-14H3. The van der Waals surface area contributed by atoms with Crippen molar-refractivity contribution in [3.8, 4) is 0 Å². The van der Waals surface area contributed by atoms with E-state index in [2.05, 4.69) is 118 Å². The quantitative estimate of drug-likeness (QED) is 0.371. The molecule has 0 aromatic carbocycles. The van der Waals surface area contributed by atoms with Crippen LogP contribution in [0.15, 0.2) is 0 Å². The number of nitrogens with one attached hydrogen (secondary N) is 3. The van der Waals surface area contributed by atoms with Crippen molar-refractivity contribution in [1.82, 2.24) is 20.9 Å². The van der Waals surface area contributed by atoms with Gasteiger partial charge in [-0.2, -0.15) is 0 Å². The summed E-state index contributed by atoms with van der Waals surface area (Å²) in [6.07, 6.45) is 7.66. The minimum Gasteiger partial charge on any atom is -0.336 e. The molecule has 2 heterocycles. The SMILES string of the molecule is CC1(C)CC(N(C(=O)C(C)(C)C)C2CC(C)(C)NC(C)(C)C2)CC(C)(CNC2CC(C)(C)NC(C)(C)C2)C1. The molecule has 5 heteroatoms. The molecule has 2 atom stereocenters. The van der Waals surface area contributed by atoms with Gasteiger partial charge in [0.1, 0.15) is 0 Å². The summed E-state index contributed by atoms with van der Waals surface area (Å²) in [5.41, 5.74) is 0.249. The molecule has 2 aliphatic heterocycles. The molecule has 3 aliphatic rings. The van der Waals surface area contributed by atoms with Crippen molar-refractivity contribution in [2.24, 2.45) is 16.2 Å². The van der Waals surface area contributed by atoms with Crippen LogP contribution in [0.5, 0.6) is 0 Å². The first kappa shape index (κ1) is 31.9. The highest BCUT2D eigenvalue weighted by Crippen LogP contribution is 2.49. The fraction of sp³-hybridized carbons (Fsp3) is 0.970. The molecule has 5 nitrogen and oxygen atoms in total. The Morgan fingerprint density at radius 3 is 1.58 bits per heavy atom. The van der Waals surface area contributed by atoms with Crippen LogP contribution in [0, 0.1) is 16.2 Å². The molecule has 222 valence electrons. The van der Waals surface area contributed by atoms with Crippen LogP contribution in [0.4, 0.5) is 0 Å². The molecule has 1 amide bonds. The van der Waals surface area contributed by atoms with E-state index in [0.717, 1.165) is 45.1 Å². The van der Waals surface area contributed by atoms with Crippen LogP contribution in [-0.2, 0) is 4.79 Å². The van der Waals surface area contributed by atoms with Crippen molar-refractivity contribution in [2.45, 2.75) is 182 Å². The molecular weight excluding hydrogens is 468 g/mol. The number of hydrogen-bond donors (Lipinski definition) is 3. The van der Waals surface area contributed by atoms with Crippen molar-refractivity contribution in [1.29, 1.82) is 0 Å². The van der Waals surface area contributed by atoms with E-state index >= 15 is 0 Å². The number of hydrogen-bond acceptors (Lipinski definition) is 4. The van der Waals surface area contributed by atoms with Gasteiger partial charge in [-0.1, -0.05) is 41.5 Å². The smallest absolute Gasteiger partial charge is 0.228 e. The Kier molecular flexibility index (Phi) is 8.40. The summed E-state index contributed by atoms with van der Waals surface area (Å²) >= 11 is 0. The Labute approximate surface area is 236 Å². The monoisotopic (exact) mass is 533 g/mol. The Balaban J connectivity index is 1.88. The summed E-state index contributed by atoms with van der Waals surface area (Å²) < 4.78 is 0. The fourth-order valence-electron chi connectivity index (χ4n) is 9.25. The van der Waals surface area contributed by atoms with Gasteiger partial charge in [-0.05, 0) is 111 Å². The minimum atomic E-state index is -0.387. The summed E-state index contributed by atoms with van der Waals surface area (Å²) in [5.74, 6) is 0.330. The Hall–Kier alpha value is -0.650. The van der Waals surface area contributed by atoms with Crippen LogP contribution in [0.1, 0.15) is 142 Å². The van der Waals surface area contributed by atoms with E-state index in [0.29, 0.717) is 11.9 Å². The molecule has 1 aliphatic carbocycles. The van der Waals surface area contributed by atoms with E-state index in [1.54, 1.807) is 0 Å². The highest BCUT2D eigenvalue weighted by atomic mass is 16.2. The molecule has 0 spiro atoms. The zero-order chi connectivity index (χ0) is 29.2. The summed E-state index contributed by atoms with van der Waals surface area (Å²) in [7, 11) is 0. The van der Waals surface area contributed by atoms with E-state index in [1.165, 1.54) is 6.42 Å². The lowest BCUT2D eigenvalue weighted by molar-refractivity contribution is -0.151. The lowest BCUT2D eigenvalue weighted by atomic mass is 9.61. The zero-order valence-electron chi connectivity index (χ0n) is 27.7. The van der Waals surface area contributed by atoms with E-state index in [1.807, 2.05) is 0 Å². The number of nitrogens with zero attached hydrogens (tertiary/aromatic N) is 1. The van der Waals surface area contributed by atoms with Crippen molar-refractivity contribution in [2.75, 3.05) is 6.54 Å². The molecule has 0 bridgehead atoms. The maximum absolute atomic E-state index is 14.2. The van der Waals surface area contributed by atoms with Gasteiger partial charge in [0.15, 0.2) is 0 Å². The maximum atomic E-state index is 14.2. The third-order valence-corrected chi connectivity index (χ3v) is 9.26. The Bertz CT molecular complexity index is 833. The van der Waals surface area contributed by atoms with Gasteiger partial charge in [0.25, 0.3) is 0 Å². The van der Waals surface area contributed by atoms with Gasteiger partial charge in [0.05, 0.1) is 0 Å². The average Bonchev–Trinajstić information content (AvgIpc) is 2.59. The molecule has 1 saturated carbocycles. The highest BCUT2D eigenvalue weighted by Gasteiger charge is 2.50. The molecule has 0 aromatic rings. The van der Waals surface area contributed by atoms with E-state index in [9.17, 15) is 4.79 Å². The van der Waals surface area contributed by atoms with E-state index in [4.69, 9.17) is 0 Å². The zero-order valence-corrected chi connectivity index (χ0v) is 27.7. The van der Waals surface area contributed by atoms with Crippen LogP contribution in [-0.4, -0.2) is 57.6 Å². The van der Waals surface area contributed by atoms with Crippen LogP contribution >= 0.6 is 0 Å². The van der Waals surface area contributed by atoms with E-state index in [-0.39, 0.29) is 50.5 Å². The van der Waals surface area contributed by atoms with Crippen LogP contribution in [0.3, 0.4) is 0 Å². The van der Waals surface area contributed by atoms with E-state index < -0.39 is 0 Å². The van der Waals surface area contributed by atoms with Gasteiger partial charge in [-0.3, -0.25) is 4.79 Å². The van der Waals surface area contributed by atoms with Crippen LogP contribution in [0.2, 0.25) is 0 Å². The molecule has 2 saturated heterocycles.